The van der Waals surface area contributed by atoms with Gasteiger partial charge >= 0.3 is 0 Å². The first-order valence-electron chi connectivity index (χ1n) is 6.92. The van der Waals surface area contributed by atoms with Crippen LogP contribution in [-0.4, -0.2) is 40.6 Å². The molecule has 2 aliphatic heterocycles. The molecule has 1 aromatic rings. The van der Waals surface area contributed by atoms with Crippen LogP contribution in [0.3, 0.4) is 0 Å². The van der Waals surface area contributed by atoms with Crippen molar-refractivity contribution in [1.82, 2.24) is 20.4 Å². The number of hydrogen-bond acceptors (Lipinski definition) is 3. The van der Waals surface area contributed by atoms with Crippen molar-refractivity contribution in [1.29, 1.82) is 0 Å². The van der Waals surface area contributed by atoms with Crippen molar-refractivity contribution in [2.24, 2.45) is 0 Å². The van der Waals surface area contributed by atoms with Gasteiger partial charge in [0.2, 0.25) is 0 Å². The first-order chi connectivity index (χ1) is 8.86. The Bertz CT molecular complexity index is 432. The molecule has 0 spiro atoms. The van der Waals surface area contributed by atoms with E-state index in [0.717, 1.165) is 56.7 Å². The molecular weight excluding hydrogens is 228 g/mol. The Hall–Kier alpha value is -1.36. The minimum atomic E-state index is 0.109. The number of aromatic amines is 1. The van der Waals surface area contributed by atoms with E-state index in [0.29, 0.717) is 5.69 Å². The molecule has 1 saturated heterocycles. The number of hydrogen-bond donors (Lipinski definition) is 2. The van der Waals surface area contributed by atoms with E-state index in [9.17, 15) is 4.79 Å². The number of fused-ring (bicyclic) bond motifs is 1. The molecule has 3 rings (SSSR count). The van der Waals surface area contributed by atoms with Crippen LogP contribution in [0.5, 0.6) is 0 Å². The molecular formula is C13H20N4O. The first kappa shape index (κ1) is 11.7. The highest BCUT2D eigenvalue weighted by Gasteiger charge is 2.25. The van der Waals surface area contributed by atoms with Gasteiger partial charge in [0.05, 0.1) is 0 Å². The molecule has 5 nitrogen and oxygen atoms in total. The highest BCUT2D eigenvalue weighted by molar-refractivity contribution is 5.94. The van der Waals surface area contributed by atoms with Crippen molar-refractivity contribution >= 4 is 5.91 Å². The van der Waals surface area contributed by atoms with Crippen molar-refractivity contribution < 1.29 is 4.79 Å². The molecule has 0 atom stereocenters. The minimum Gasteiger partial charge on any atom is -0.337 e. The largest absolute Gasteiger partial charge is 0.337 e. The zero-order valence-corrected chi connectivity index (χ0v) is 10.7. The van der Waals surface area contributed by atoms with Crippen molar-refractivity contribution in [3.63, 3.8) is 0 Å². The molecule has 0 unspecified atom stereocenters. The summed E-state index contributed by atoms with van der Waals surface area (Å²) >= 11 is 0. The third-order valence-corrected chi connectivity index (χ3v) is 3.90. The van der Waals surface area contributed by atoms with Crippen LogP contribution in [0.2, 0.25) is 0 Å². The van der Waals surface area contributed by atoms with E-state index in [4.69, 9.17) is 0 Å². The average molecular weight is 248 g/mol. The summed E-state index contributed by atoms with van der Waals surface area (Å²) in [5, 5.41) is 10.6. The monoisotopic (exact) mass is 248 g/mol. The Kier molecular flexibility index (Phi) is 3.32. The molecule has 0 aromatic carbocycles. The molecule has 18 heavy (non-hydrogen) atoms. The number of rotatable bonds is 1. The van der Waals surface area contributed by atoms with Crippen LogP contribution in [0, 0.1) is 0 Å². The van der Waals surface area contributed by atoms with Gasteiger partial charge in [-0.15, -0.1) is 0 Å². The van der Waals surface area contributed by atoms with Crippen LogP contribution >= 0.6 is 0 Å². The SMILES string of the molecule is O=C(c1n[nH]c2c1CNCC2)N1CCCCCC1. The molecule has 1 amide bonds. The number of H-pyrrole nitrogens is 1. The Morgan fingerprint density at radius 1 is 1.17 bits per heavy atom. The molecule has 0 saturated carbocycles. The fourth-order valence-corrected chi connectivity index (χ4v) is 2.83. The van der Waals surface area contributed by atoms with E-state index in [1.807, 2.05) is 4.90 Å². The second-order valence-electron chi connectivity index (χ2n) is 5.16. The smallest absolute Gasteiger partial charge is 0.274 e. The van der Waals surface area contributed by atoms with Gasteiger partial charge in [-0.05, 0) is 12.8 Å². The lowest BCUT2D eigenvalue weighted by atomic mass is 10.1. The van der Waals surface area contributed by atoms with Crippen molar-refractivity contribution in [3.05, 3.63) is 17.0 Å². The van der Waals surface area contributed by atoms with E-state index >= 15 is 0 Å². The van der Waals surface area contributed by atoms with Crippen LogP contribution in [0.25, 0.3) is 0 Å². The Labute approximate surface area is 107 Å². The number of aromatic nitrogens is 2. The van der Waals surface area contributed by atoms with Crippen molar-refractivity contribution in [2.75, 3.05) is 19.6 Å². The lowest BCUT2D eigenvalue weighted by Crippen LogP contribution is -2.33. The quantitative estimate of drug-likeness (QED) is 0.781. The molecule has 5 heteroatoms. The van der Waals surface area contributed by atoms with Crippen molar-refractivity contribution in [3.8, 4) is 0 Å². The molecule has 0 bridgehead atoms. The van der Waals surface area contributed by atoms with Gasteiger partial charge in [0, 0.05) is 43.9 Å². The standard InChI is InChI=1S/C13H20N4O/c18-13(17-7-3-1-2-4-8-17)12-10-9-14-6-5-11(10)15-16-12/h14H,1-9H2,(H,15,16). The van der Waals surface area contributed by atoms with E-state index < -0.39 is 0 Å². The third-order valence-electron chi connectivity index (χ3n) is 3.90. The predicted molar refractivity (Wildman–Crippen MR) is 68.4 cm³/mol. The fourth-order valence-electron chi connectivity index (χ4n) is 2.83. The molecule has 2 aliphatic rings. The van der Waals surface area contributed by atoms with Crippen LogP contribution in [0.1, 0.15) is 47.4 Å². The second-order valence-corrected chi connectivity index (χ2v) is 5.16. The number of carbonyl (C=O) groups excluding carboxylic acids is 1. The van der Waals surface area contributed by atoms with E-state index in [2.05, 4.69) is 15.5 Å². The molecule has 3 heterocycles. The van der Waals surface area contributed by atoms with Gasteiger partial charge in [0.1, 0.15) is 0 Å². The highest BCUT2D eigenvalue weighted by atomic mass is 16.2. The zero-order valence-electron chi connectivity index (χ0n) is 10.7. The molecule has 98 valence electrons. The summed E-state index contributed by atoms with van der Waals surface area (Å²) in [4.78, 5) is 14.5. The van der Waals surface area contributed by atoms with Gasteiger partial charge in [-0.1, -0.05) is 12.8 Å². The molecule has 1 fully saturated rings. The first-order valence-corrected chi connectivity index (χ1v) is 6.92. The maximum absolute atomic E-state index is 12.5. The van der Waals surface area contributed by atoms with Crippen molar-refractivity contribution in [2.45, 2.75) is 38.6 Å². The summed E-state index contributed by atoms with van der Waals surface area (Å²) in [5.41, 5.74) is 2.85. The number of amides is 1. The lowest BCUT2D eigenvalue weighted by molar-refractivity contribution is 0.0754. The second kappa shape index (κ2) is 5.10. The van der Waals surface area contributed by atoms with Crippen LogP contribution < -0.4 is 5.32 Å². The summed E-state index contributed by atoms with van der Waals surface area (Å²) in [6.45, 7) is 3.50. The van der Waals surface area contributed by atoms with E-state index in [1.54, 1.807) is 0 Å². The molecule has 0 radical (unpaired) electrons. The topological polar surface area (TPSA) is 61.0 Å². The van der Waals surface area contributed by atoms with Gasteiger partial charge in [0.25, 0.3) is 5.91 Å². The Morgan fingerprint density at radius 2 is 1.94 bits per heavy atom. The zero-order chi connectivity index (χ0) is 12.4. The number of likely N-dealkylation sites (tertiary alicyclic amines) is 1. The van der Waals surface area contributed by atoms with Gasteiger partial charge in [-0.3, -0.25) is 9.89 Å². The highest BCUT2D eigenvalue weighted by Crippen LogP contribution is 2.19. The van der Waals surface area contributed by atoms with E-state index in [-0.39, 0.29) is 5.91 Å². The third kappa shape index (κ3) is 2.14. The van der Waals surface area contributed by atoms with Gasteiger partial charge in [-0.2, -0.15) is 5.10 Å². The predicted octanol–water partition coefficient (Wildman–Crippen LogP) is 1.07. The summed E-state index contributed by atoms with van der Waals surface area (Å²) in [6, 6.07) is 0. The lowest BCUT2D eigenvalue weighted by Gasteiger charge is -2.20. The van der Waals surface area contributed by atoms with Crippen LogP contribution in [0.4, 0.5) is 0 Å². The maximum Gasteiger partial charge on any atom is 0.274 e. The summed E-state index contributed by atoms with van der Waals surface area (Å²) in [6.07, 6.45) is 5.66. The minimum absolute atomic E-state index is 0.109. The van der Waals surface area contributed by atoms with Gasteiger partial charge in [-0.25, -0.2) is 0 Å². The Balaban J connectivity index is 1.80. The van der Waals surface area contributed by atoms with Gasteiger partial charge in [0.15, 0.2) is 5.69 Å². The number of carbonyl (C=O) groups is 1. The van der Waals surface area contributed by atoms with E-state index in [1.165, 1.54) is 12.8 Å². The molecule has 0 aliphatic carbocycles. The summed E-state index contributed by atoms with van der Waals surface area (Å²) in [7, 11) is 0. The number of nitrogens with zero attached hydrogens (tertiary/aromatic N) is 2. The molecule has 1 aromatic heterocycles. The van der Waals surface area contributed by atoms with Gasteiger partial charge < -0.3 is 10.2 Å². The number of nitrogens with one attached hydrogen (secondary N) is 2. The average Bonchev–Trinajstić information content (AvgIpc) is 2.65. The van der Waals surface area contributed by atoms with Crippen LogP contribution in [0.15, 0.2) is 0 Å². The summed E-state index contributed by atoms with van der Waals surface area (Å²) < 4.78 is 0. The fraction of sp³-hybridized carbons (Fsp3) is 0.692. The van der Waals surface area contributed by atoms with Crippen LogP contribution in [-0.2, 0) is 13.0 Å². The normalized spacial score (nSPS) is 20.3. The maximum atomic E-state index is 12.5. The molecule has 2 N–H and O–H groups in total. The Morgan fingerprint density at radius 3 is 2.72 bits per heavy atom. The summed E-state index contributed by atoms with van der Waals surface area (Å²) in [5.74, 6) is 0.109.